The topological polar surface area (TPSA) is 57.3 Å². The first-order valence-corrected chi connectivity index (χ1v) is 10.5. The Bertz CT molecular complexity index is 959. The van der Waals surface area contributed by atoms with Crippen LogP contribution < -0.4 is 15.5 Å². The highest BCUT2D eigenvalue weighted by molar-refractivity contribution is 5.93. The molecule has 1 aliphatic rings. The molecule has 0 spiro atoms. The average molecular weight is 389 g/mol. The van der Waals surface area contributed by atoms with Crippen LogP contribution in [0.15, 0.2) is 60.8 Å². The maximum atomic E-state index is 12.5. The summed E-state index contributed by atoms with van der Waals surface area (Å²) in [5, 5.41) is 7.16. The van der Waals surface area contributed by atoms with Gasteiger partial charge in [-0.3, -0.25) is 4.98 Å². The number of nitrogens with zero attached hydrogens (tertiary/aromatic N) is 2. The minimum atomic E-state index is -0.166. The molecular formula is C24H28N4O. The molecular weight excluding hydrogens is 360 g/mol. The molecule has 1 aromatic heterocycles. The van der Waals surface area contributed by atoms with Crippen molar-refractivity contribution in [2.75, 3.05) is 29.9 Å². The molecule has 0 aliphatic carbocycles. The van der Waals surface area contributed by atoms with Crippen molar-refractivity contribution >= 4 is 28.3 Å². The second-order valence-electron chi connectivity index (χ2n) is 7.54. The molecule has 0 saturated carbocycles. The number of carbonyl (C=O) groups is 1. The highest BCUT2D eigenvalue weighted by Gasteiger charge is 2.14. The molecule has 0 bridgehead atoms. The number of carbonyl (C=O) groups excluding carboxylic acids is 1. The van der Waals surface area contributed by atoms with Gasteiger partial charge < -0.3 is 15.5 Å². The van der Waals surface area contributed by atoms with Crippen LogP contribution in [-0.4, -0.2) is 30.6 Å². The maximum absolute atomic E-state index is 12.5. The van der Waals surface area contributed by atoms with Gasteiger partial charge in [-0.25, -0.2) is 4.79 Å². The number of hydrogen-bond donors (Lipinski definition) is 2. The zero-order valence-corrected chi connectivity index (χ0v) is 16.7. The van der Waals surface area contributed by atoms with Crippen molar-refractivity contribution in [3.8, 4) is 0 Å². The molecule has 5 heteroatoms. The van der Waals surface area contributed by atoms with Crippen LogP contribution in [0.2, 0.25) is 0 Å². The first-order chi connectivity index (χ1) is 14.3. The lowest BCUT2D eigenvalue weighted by Crippen LogP contribution is -2.32. The minimum Gasteiger partial charge on any atom is -0.370 e. The maximum Gasteiger partial charge on any atom is 0.319 e. The van der Waals surface area contributed by atoms with Crippen molar-refractivity contribution in [2.45, 2.75) is 32.1 Å². The van der Waals surface area contributed by atoms with Gasteiger partial charge in [0.25, 0.3) is 0 Å². The lowest BCUT2D eigenvalue weighted by atomic mass is 10.1. The van der Waals surface area contributed by atoms with Crippen molar-refractivity contribution in [3.05, 3.63) is 66.4 Å². The quantitative estimate of drug-likeness (QED) is 0.648. The number of nitrogens with one attached hydrogen (secondary N) is 2. The van der Waals surface area contributed by atoms with Gasteiger partial charge >= 0.3 is 6.03 Å². The summed E-state index contributed by atoms with van der Waals surface area (Å²) < 4.78 is 0. The van der Waals surface area contributed by atoms with E-state index >= 15 is 0 Å². The summed E-state index contributed by atoms with van der Waals surface area (Å²) in [7, 11) is 0. The molecule has 5 nitrogen and oxygen atoms in total. The SMILES string of the molecule is O=C(NCCc1cccc2cccnc12)Nc1ccccc1N1CCCCCC1. The van der Waals surface area contributed by atoms with Gasteiger partial charge in [-0.1, -0.05) is 49.2 Å². The summed E-state index contributed by atoms with van der Waals surface area (Å²) in [6.07, 6.45) is 7.55. The van der Waals surface area contributed by atoms with Gasteiger partial charge in [-0.15, -0.1) is 0 Å². The number of anilines is 2. The molecule has 1 saturated heterocycles. The van der Waals surface area contributed by atoms with Gasteiger partial charge in [0.15, 0.2) is 0 Å². The van der Waals surface area contributed by atoms with Gasteiger partial charge in [-0.2, -0.15) is 0 Å². The monoisotopic (exact) mass is 388 g/mol. The summed E-state index contributed by atoms with van der Waals surface area (Å²) in [6, 6.07) is 18.1. The molecule has 29 heavy (non-hydrogen) atoms. The largest absolute Gasteiger partial charge is 0.370 e. The molecule has 4 rings (SSSR count). The fourth-order valence-electron chi connectivity index (χ4n) is 4.01. The van der Waals surface area contributed by atoms with Gasteiger partial charge in [0, 0.05) is 31.2 Å². The van der Waals surface area contributed by atoms with Crippen LogP contribution in [0.4, 0.5) is 16.2 Å². The Labute approximate surface area is 172 Å². The van der Waals surface area contributed by atoms with Crippen molar-refractivity contribution in [3.63, 3.8) is 0 Å². The minimum absolute atomic E-state index is 0.166. The van der Waals surface area contributed by atoms with Gasteiger partial charge in [0.05, 0.1) is 16.9 Å². The molecule has 0 atom stereocenters. The molecule has 1 aliphatic heterocycles. The van der Waals surface area contributed by atoms with E-state index in [2.05, 4.69) is 44.8 Å². The number of para-hydroxylation sites is 3. The molecule has 0 unspecified atom stereocenters. The number of fused-ring (bicyclic) bond motifs is 1. The summed E-state index contributed by atoms with van der Waals surface area (Å²) in [5.74, 6) is 0. The lowest BCUT2D eigenvalue weighted by molar-refractivity contribution is 0.252. The third-order valence-electron chi connectivity index (χ3n) is 5.50. The van der Waals surface area contributed by atoms with Crippen LogP contribution in [0.1, 0.15) is 31.2 Å². The van der Waals surface area contributed by atoms with Gasteiger partial charge in [0.1, 0.15) is 0 Å². The van der Waals surface area contributed by atoms with E-state index in [-0.39, 0.29) is 6.03 Å². The highest BCUT2D eigenvalue weighted by atomic mass is 16.2. The van der Waals surface area contributed by atoms with E-state index in [1.165, 1.54) is 25.7 Å². The van der Waals surface area contributed by atoms with Crippen LogP contribution in [0.25, 0.3) is 10.9 Å². The Morgan fingerprint density at radius 2 is 1.72 bits per heavy atom. The second-order valence-corrected chi connectivity index (χ2v) is 7.54. The number of rotatable bonds is 5. The Morgan fingerprint density at radius 1 is 0.931 bits per heavy atom. The number of urea groups is 1. The Morgan fingerprint density at radius 3 is 2.59 bits per heavy atom. The Balaban J connectivity index is 1.36. The van der Waals surface area contributed by atoms with Crippen molar-refractivity contribution < 1.29 is 4.79 Å². The standard InChI is InChI=1S/C24H28N4O/c29-24(26-16-14-20-10-7-9-19-11-8-15-25-23(19)20)27-21-12-3-4-13-22(21)28-17-5-1-2-6-18-28/h3-4,7-13,15H,1-2,5-6,14,16-18H2,(H2,26,27,29). The molecule has 150 valence electrons. The predicted octanol–water partition coefficient (Wildman–Crippen LogP) is 4.98. The third-order valence-corrected chi connectivity index (χ3v) is 5.50. The van der Waals surface area contributed by atoms with E-state index in [0.29, 0.717) is 6.54 Å². The third kappa shape index (κ3) is 4.86. The zero-order chi connectivity index (χ0) is 19.9. The molecule has 0 radical (unpaired) electrons. The Hall–Kier alpha value is -3.08. The smallest absolute Gasteiger partial charge is 0.319 e. The molecule has 2 amide bonds. The summed E-state index contributed by atoms with van der Waals surface area (Å²) in [4.78, 5) is 19.4. The number of hydrogen-bond acceptors (Lipinski definition) is 3. The highest BCUT2D eigenvalue weighted by Crippen LogP contribution is 2.27. The predicted molar refractivity (Wildman–Crippen MR) is 120 cm³/mol. The lowest BCUT2D eigenvalue weighted by Gasteiger charge is -2.25. The van der Waals surface area contributed by atoms with E-state index < -0.39 is 0 Å². The number of benzene rings is 2. The molecule has 3 aromatic rings. The fourth-order valence-corrected chi connectivity index (χ4v) is 4.01. The summed E-state index contributed by atoms with van der Waals surface area (Å²) in [6.45, 7) is 2.66. The van der Waals surface area contributed by atoms with E-state index in [9.17, 15) is 4.79 Å². The van der Waals surface area contributed by atoms with E-state index in [4.69, 9.17) is 0 Å². The number of pyridine rings is 1. The first-order valence-electron chi connectivity index (χ1n) is 10.5. The zero-order valence-electron chi connectivity index (χ0n) is 16.7. The first kappa shape index (κ1) is 19.2. The van der Waals surface area contributed by atoms with Crippen LogP contribution in [-0.2, 0) is 6.42 Å². The summed E-state index contributed by atoms with van der Waals surface area (Å²) in [5.41, 5.74) is 4.14. The molecule has 2 aromatic carbocycles. The van der Waals surface area contributed by atoms with Crippen LogP contribution in [0.3, 0.4) is 0 Å². The van der Waals surface area contributed by atoms with Crippen LogP contribution in [0, 0.1) is 0 Å². The number of aromatic nitrogens is 1. The van der Waals surface area contributed by atoms with E-state index in [1.807, 2.05) is 36.5 Å². The Kier molecular flexibility index (Phi) is 6.25. The van der Waals surface area contributed by atoms with E-state index in [0.717, 1.165) is 47.4 Å². The van der Waals surface area contributed by atoms with Gasteiger partial charge in [0.2, 0.25) is 0 Å². The summed E-state index contributed by atoms with van der Waals surface area (Å²) >= 11 is 0. The van der Waals surface area contributed by atoms with Crippen molar-refractivity contribution in [1.82, 2.24) is 10.3 Å². The second kappa shape index (κ2) is 9.41. The fraction of sp³-hybridized carbons (Fsp3) is 0.333. The van der Waals surface area contributed by atoms with Gasteiger partial charge in [-0.05, 0) is 43.0 Å². The van der Waals surface area contributed by atoms with Crippen molar-refractivity contribution in [2.24, 2.45) is 0 Å². The van der Waals surface area contributed by atoms with Crippen LogP contribution in [0.5, 0.6) is 0 Å². The number of amides is 2. The van der Waals surface area contributed by atoms with Crippen LogP contribution >= 0.6 is 0 Å². The average Bonchev–Trinajstić information content (AvgIpc) is 3.04. The molecule has 1 fully saturated rings. The normalized spacial score (nSPS) is 14.4. The molecule has 2 heterocycles. The van der Waals surface area contributed by atoms with E-state index in [1.54, 1.807) is 0 Å². The molecule has 2 N–H and O–H groups in total. The van der Waals surface area contributed by atoms with Crippen molar-refractivity contribution in [1.29, 1.82) is 0 Å².